The van der Waals surface area contributed by atoms with Crippen molar-refractivity contribution in [1.82, 2.24) is 9.88 Å². The molecule has 0 radical (unpaired) electrons. The zero-order valence-electron chi connectivity index (χ0n) is 16.6. The Bertz CT molecular complexity index is 1190. The molecule has 31 heavy (non-hydrogen) atoms. The molecular weight excluding hydrogens is 433 g/mol. The average molecular weight is 451 g/mol. The number of fused-ring (bicyclic) bond motifs is 3. The number of urea groups is 1. The van der Waals surface area contributed by atoms with E-state index in [1.165, 1.54) is 17.0 Å². The van der Waals surface area contributed by atoms with Gasteiger partial charge in [0.1, 0.15) is 11.6 Å². The van der Waals surface area contributed by atoms with Gasteiger partial charge in [-0.05, 0) is 35.7 Å². The lowest BCUT2D eigenvalue weighted by molar-refractivity contribution is 0.0529. The predicted molar refractivity (Wildman–Crippen MR) is 112 cm³/mol. The molecule has 3 aromatic rings. The van der Waals surface area contributed by atoms with Gasteiger partial charge in [0.15, 0.2) is 11.6 Å². The number of rotatable bonds is 3. The Morgan fingerprint density at radius 3 is 2.55 bits per heavy atom. The topological polar surface area (TPSA) is 66.5 Å². The Morgan fingerprint density at radius 1 is 1.16 bits per heavy atom. The summed E-state index contributed by atoms with van der Waals surface area (Å²) in [5.74, 6) is -2.21. The van der Waals surface area contributed by atoms with Gasteiger partial charge in [-0.25, -0.2) is 22.9 Å². The lowest BCUT2D eigenvalue weighted by Gasteiger charge is -2.34. The Labute approximate surface area is 181 Å². The van der Waals surface area contributed by atoms with Crippen LogP contribution in [0.25, 0.3) is 10.8 Å². The second kappa shape index (κ2) is 8.24. The van der Waals surface area contributed by atoms with Crippen LogP contribution in [0, 0.1) is 17.5 Å². The third-order valence-corrected chi connectivity index (χ3v) is 5.50. The molecule has 2 N–H and O–H groups in total. The summed E-state index contributed by atoms with van der Waals surface area (Å²) in [4.78, 5) is 18.7. The van der Waals surface area contributed by atoms with E-state index in [0.29, 0.717) is 33.5 Å². The van der Waals surface area contributed by atoms with Crippen LogP contribution in [0.5, 0.6) is 0 Å². The maximum Gasteiger partial charge on any atom is 0.322 e. The molecular formula is C21H18ClF3N4O2. The van der Waals surface area contributed by atoms with Crippen molar-refractivity contribution in [3.63, 3.8) is 0 Å². The minimum atomic E-state index is -0.999. The van der Waals surface area contributed by atoms with Crippen LogP contribution in [0.2, 0.25) is 5.02 Å². The summed E-state index contributed by atoms with van der Waals surface area (Å²) in [5.41, 5.74) is 1.40. The fraction of sp³-hybridized carbons (Fsp3) is 0.238. The number of anilines is 2. The number of carbonyl (C=O) groups excluding carboxylic acids is 1. The zero-order chi connectivity index (χ0) is 22.3. The highest BCUT2D eigenvalue weighted by Crippen LogP contribution is 2.38. The van der Waals surface area contributed by atoms with Crippen LogP contribution in [0.15, 0.2) is 30.3 Å². The van der Waals surface area contributed by atoms with Crippen molar-refractivity contribution in [2.45, 2.75) is 12.6 Å². The third-order valence-electron chi connectivity index (χ3n) is 5.21. The first-order valence-corrected chi connectivity index (χ1v) is 9.73. The highest BCUT2D eigenvalue weighted by atomic mass is 35.5. The smallest absolute Gasteiger partial charge is 0.322 e. The Balaban J connectivity index is 1.74. The maximum absolute atomic E-state index is 14.1. The van der Waals surface area contributed by atoms with Crippen molar-refractivity contribution in [3.05, 3.63) is 64.1 Å². The molecule has 1 aliphatic rings. The van der Waals surface area contributed by atoms with E-state index in [0.717, 1.165) is 18.2 Å². The Morgan fingerprint density at radius 2 is 1.87 bits per heavy atom. The summed E-state index contributed by atoms with van der Waals surface area (Å²) in [6.07, 6.45) is 0. The summed E-state index contributed by atoms with van der Waals surface area (Å²) in [6, 6.07) is 4.87. The molecule has 0 spiro atoms. The van der Waals surface area contributed by atoms with Gasteiger partial charge in [-0.15, -0.1) is 0 Å². The van der Waals surface area contributed by atoms with Gasteiger partial charge in [0.2, 0.25) is 0 Å². The van der Waals surface area contributed by atoms with Crippen LogP contribution in [0.3, 0.4) is 0 Å². The highest BCUT2D eigenvalue weighted by Gasteiger charge is 2.31. The average Bonchev–Trinajstić information content (AvgIpc) is 2.75. The van der Waals surface area contributed by atoms with Gasteiger partial charge in [0.25, 0.3) is 0 Å². The van der Waals surface area contributed by atoms with Crippen molar-refractivity contribution >= 4 is 39.9 Å². The van der Waals surface area contributed by atoms with Crippen molar-refractivity contribution in [1.29, 1.82) is 0 Å². The minimum Gasteiger partial charge on any atom is -0.373 e. The van der Waals surface area contributed by atoms with E-state index < -0.39 is 29.5 Å². The van der Waals surface area contributed by atoms with Gasteiger partial charge in [-0.1, -0.05) is 11.6 Å². The van der Waals surface area contributed by atoms with Gasteiger partial charge in [-0.3, -0.25) is 0 Å². The Kier molecular flexibility index (Phi) is 5.63. The first-order chi connectivity index (χ1) is 14.8. The van der Waals surface area contributed by atoms with Gasteiger partial charge >= 0.3 is 6.03 Å². The summed E-state index contributed by atoms with van der Waals surface area (Å²) < 4.78 is 47.0. The highest BCUT2D eigenvalue weighted by molar-refractivity contribution is 6.31. The van der Waals surface area contributed by atoms with E-state index in [2.05, 4.69) is 15.6 Å². The third kappa shape index (κ3) is 3.86. The van der Waals surface area contributed by atoms with Gasteiger partial charge < -0.3 is 20.3 Å². The summed E-state index contributed by atoms with van der Waals surface area (Å²) in [7, 11) is 3.17. The molecule has 0 fully saturated rings. The van der Waals surface area contributed by atoms with Crippen LogP contribution in [0.1, 0.15) is 17.3 Å². The molecule has 2 heterocycles. The van der Waals surface area contributed by atoms with Gasteiger partial charge in [0.05, 0.1) is 30.0 Å². The molecule has 2 aromatic carbocycles. The second-order valence-corrected chi connectivity index (χ2v) is 7.49. The Hall–Kier alpha value is -3.04. The molecule has 4 rings (SSSR count). The van der Waals surface area contributed by atoms with E-state index in [9.17, 15) is 18.0 Å². The number of carbonyl (C=O) groups is 1. The van der Waals surface area contributed by atoms with Crippen LogP contribution >= 0.6 is 11.6 Å². The molecule has 162 valence electrons. The first-order valence-electron chi connectivity index (χ1n) is 9.36. The number of hydrogen-bond acceptors (Lipinski definition) is 4. The van der Waals surface area contributed by atoms with E-state index in [1.807, 2.05) is 0 Å². The lowest BCUT2D eigenvalue weighted by atomic mass is 9.95. The number of halogens is 4. The molecule has 1 atom stereocenters. The van der Waals surface area contributed by atoms with E-state index in [4.69, 9.17) is 16.3 Å². The minimum absolute atomic E-state index is 0.126. The van der Waals surface area contributed by atoms with Crippen molar-refractivity contribution in [2.24, 2.45) is 0 Å². The fourth-order valence-electron chi connectivity index (χ4n) is 3.63. The molecule has 0 aliphatic carbocycles. The number of aromatic nitrogens is 1. The number of pyridine rings is 1. The van der Waals surface area contributed by atoms with Crippen LogP contribution < -0.4 is 10.6 Å². The van der Waals surface area contributed by atoms with Crippen molar-refractivity contribution in [2.75, 3.05) is 31.3 Å². The number of benzene rings is 2. The maximum atomic E-state index is 14.1. The standard InChI is InChI=1S/C21H18ClF3N4O2/c1-26-20-12-7-16(25)15(24)6-11(12)19-17(28-20)8-31-9-18(19)29(2)21(30)27-10-3-4-14(23)13(22)5-10/h3-7,18H,8-9H2,1-2H3,(H,26,28)(H,27,30)/t18-/m1/s1. The summed E-state index contributed by atoms with van der Waals surface area (Å²) in [5, 5.41) is 6.23. The number of nitrogens with one attached hydrogen (secondary N) is 2. The first kappa shape index (κ1) is 21.2. The number of ether oxygens (including phenoxy) is 1. The van der Waals surface area contributed by atoms with E-state index >= 15 is 0 Å². The lowest BCUT2D eigenvalue weighted by Crippen LogP contribution is -2.39. The predicted octanol–water partition coefficient (Wildman–Crippen LogP) is 5.08. The van der Waals surface area contributed by atoms with Crippen molar-refractivity contribution in [3.8, 4) is 0 Å². The normalized spacial score (nSPS) is 15.5. The molecule has 0 unspecified atom stereocenters. The van der Waals surface area contributed by atoms with Crippen molar-refractivity contribution < 1.29 is 22.7 Å². The molecule has 0 bridgehead atoms. The van der Waals surface area contributed by atoms with Crippen LogP contribution in [-0.4, -0.2) is 36.6 Å². The quantitative estimate of drug-likeness (QED) is 0.584. The molecule has 1 aliphatic heterocycles. The molecule has 0 saturated carbocycles. The largest absolute Gasteiger partial charge is 0.373 e. The van der Waals surface area contributed by atoms with E-state index in [1.54, 1.807) is 14.1 Å². The SMILES string of the molecule is CNc1nc2c(c3cc(F)c(F)cc13)[C@H](N(C)C(=O)Nc1ccc(F)c(Cl)c1)COC2. The molecule has 10 heteroatoms. The molecule has 0 saturated heterocycles. The van der Waals surface area contributed by atoms with Crippen LogP contribution in [0.4, 0.5) is 29.5 Å². The summed E-state index contributed by atoms with van der Waals surface area (Å²) >= 11 is 5.77. The number of hydrogen-bond donors (Lipinski definition) is 2. The molecule has 6 nitrogen and oxygen atoms in total. The fourth-order valence-corrected chi connectivity index (χ4v) is 3.81. The number of likely N-dealkylation sites (N-methyl/N-ethyl adjacent to an activating group) is 1. The summed E-state index contributed by atoms with van der Waals surface area (Å²) in [6.45, 7) is 0.300. The molecule has 1 aromatic heterocycles. The van der Waals surface area contributed by atoms with E-state index in [-0.39, 0.29) is 18.2 Å². The number of amides is 2. The van der Waals surface area contributed by atoms with Gasteiger partial charge in [-0.2, -0.15) is 0 Å². The van der Waals surface area contributed by atoms with Crippen LogP contribution in [-0.2, 0) is 11.3 Å². The molecule has 2 amide bonds. The monoisotopic (exact) mass is 450 g/mol. The second-order valence-electron chi connectivity index (χ2n) is 7.08. The zero-order valence-corrected chi connectivity index (χ0v) is 17.4. The number of nitrogens with zero attached hydrogens (tertiary/aromatic N) is 2. The van der Waals surface area contributed by atoms with Gasteiger partial charge in [0, 0.05) is 30.7 Å².